The van der Waals surface area contributed by atoms with Gasteiger partial charge < -0.3 is 10.1 Å². The zero-order valence-corrected chi connectivity index (χ0v) is 9.06. The predicted molar refractivity (Wildman–Crippen MR) is 58.5 cm³/mol. The van der Waals surface area contributed by atoms with Gasteiger partial charge in [-0.25, -0.2) is 9.69 Å². The van der Waals surface area contributed by atoms with Crippen LogP contribution in [0.25, 0.3) is 0 Å². The number of rotatable bonds is 2. The summed E-state index contributed by atoms with van der Waals surface area (Å²) in [6, 6.07) is 5.91. The van der Waals surface area contributed by atoms with Gasteiger partial charge in [-0.3, -0.25) is 4.79 Å². The highest BCUT2D eigenvalue weighted by Crippen LogP contribution is 2.22. The lowest BCUT2D eigenvalue weighted by Gasteiger charge is -2.12. The third kappa shape index (κ3) is 1.60. The smallest absolute Gasteiger partial charge is 0.329 e. The van der Waals surface area contributed by atoms with E-state index in [4.69, 9.17) is 4.74 Å². The van der Waals surface area contributed by atoms with E-state index in [1.54, 1.807) is 38.3 Å². The summed E-state index contributed by atoms with van der Waals surface area (Å²) in [5.74, 6) is 0.444. The maximum Gasteiger partial charge on any atom is 0.329 e. The second kappa shape index (κ2) is 3.84. The molecule has 2 rings (SSSR count). The van der Waals surface area contributed by atoms with E-state index in [1.807, 2.05) is 0 Å². The third-order valence-electron chi connectivity index (χ3n) is 2.46. The molecular weight excluding hydrogens is 208 g/mol. The number of methoxy groups -OCH3 is 1. The van der Waals surface area contributed by atoms with Gasteiger partial charge in [-0.2, -0.15) is 0 Å². The number of ether oxygens (including phenoxy) is 1. The second-order valence-corrected chi connectivity index (χ2v) is 3.54. The maximum absolute atomic E-state index is 11.7. The second-order valence-electron chi connectivity index (χ2n) is 3.54. The Morgan fingerprint density at radius 1 is 1.25 bits per heavy atom. The minimum absolute atomic E-state index is 0.241. The highest BCUT2D eigenvalue weighted by Gasteiger charge is 2.35. The van der Waals surface area contributed by atoms with Crippen LogP contribution < -0.4 is 15.0 Å². The summed E-state index contributed by atoms with van der Waals surface area (Å²) in [6.07, 6.45) is 0. The number of imide groups is 1. The largest absolute Gasteiger partial charge is 0.497 e. The lowest BCUT2D eigenvalue weighted by atomic mass is 10.2. The molecule has 1 unspecified atom stereocenters. The van der Waals surface area contributed by atoms with Gasteiger partial charge in [-0.1, -0.05) is 0 Å². The summed E-state index contributed by atoms with van der Waals surface area (Å²) in [4.78, 5) is 24.3. The van der Waals surface area contributed by atoms with Crippen molar-refractivity contribution in [2.45, 2.75) is 13.0 Å². The highest BCUT2D eigenvalue weighted by atomic mass is 16.5. The van der Waals surface area contributed by atoms with Gasteiger partial charge in [0.15, 0.2) is 0 Å². The monoisotopic (exact) mass is 220 g/mol. The van der Waals surface area contributed by atoms with Gasteiger partial charge in [0.1, 0.15) is 11.8 Å². The Morgan fingerprint density at radius 3 is 2.31 bits per heavy atom. The Hall–Kier alpha value is -2.04. The molecule has 0 bridgehead atoms. The van der Waals surface area contributed by atoms with Gasteiger partial charge in [0, 0.05) is 0 Å². The Bertz CT molecular complexity index is 427. The quantitative estimate of drug-likeness (QED) is 0.760. The van der Waals surface area contributed by atoms with Crippen LogP contribution in [0.4, 0.5) is 10.5 Å². The van der Waals surface area contributed by atoms with E-state index in [0.717, 1.165) is 4.90 Å². The van der Waals surface area contributed by atoms with Crippen LogP contribution in [0.1, 0.15) is 6.92 Å². The fourth-order valence-corrected chi connectivity index (χ4v) is 1.58. The summed E-state index contributed by atoms with van der Waals surface area (Å²) < 4.78 is 5.00. The lowest BCUT2D eigenvalue weighted by molar-refractivity contribution is -0.117. The van der Waals surface area contributed by atoms with E-state index >= 15 is 0 Å². The van der Waals surface area contributed by atoms with E-state index in [1.165, 1.54) is 0 Å². The molecule has 1 aliphatic heterocycles. The van der Waals surface area contributed by atoms with Gasteiger partial charge in [0.05, 0.1) is 12.8 Å². The number of nitrogens with one attached hydrogen (secondary N) is 1. The van der Waals surface area contributed by atoms with E-state index in [0.29, 0.717) is 11.4 Å². The first-order valence-corrected chi connectivity index (χ1v) is 4.92. The van der Waals surface area contributed by atoms with Crippen molar-refractivity contribution in [1.82, 2.24) is 5.32 Å². The molecule has 16 heavy (non-hydrogen) atoms. The number of anilines is 1. The molecule has 5 heteroatoms. The van der Waals surface area contributed by atoms with Crippen LogP contribution in [0, 0.1) is 0 Å². The minimum atomic E-state index is -0.463. The molecule has 84 valence electrons. The number of urea groups is 1. The number of carbonyl (C=O) groups excluding carboxylic acids is 2. The van der Waals surface area contributed by atoms with Crippen LogP contribution in [-0.2, 0) is 4.79 Å². The van der Waals surface area contributed by atoms with E-state index in [-0.39, 0.29) is 11.9 Å². The first-order chi connectivity index (χ1) is 7.63. The zero-order valence-electron chi connectivity index (χ0n) is 9.06. The molecule has 0 radical (unpaired) electrons. The molecule has 1 fully saturated rings. The molecule has 5 nitrogen and oxygen atoms in total. The number of nitrogens with zero attached hydrogens (tertiary/aromatic N) is 1. The zero-order chi connectivity index (χ0) is 11.7. The van der Waals surface area contributed by atoms with Crippen molar-refractivity contribution in [1.29, 1.82) is 0 Å². The Morgan fingerprint density at radius 2 is 1.88 bits per heavy atom. The summed E-state index contributed by atoms with van der Waals surface area (Å²) in [7, 11) is 1.56. The number of amides is 3. The van der Waals surface area contributed by atoms with Crippen molar-refractivity contribution in [3.63, 3.8) is 0 Å². The lowest BCUT2D eigenvalue weighted by Crippen LogP contribution is -2.30. The molecule has 1 aromatic carbocycles. The fourth-order valence-electron chi connectivity index (χ4n) is 1.58. The first kappa shape index (κ1) is 10.5. The fraction of sp³-hybridized carbons (Fsp3) is 0.273. The molecule has 1 aliphatic rings. The van der Waals surface area contributed by atoms with Gasteiger partial charge in [-0.05, 0) is 31.2 Å². The molecule has 1 N–H and O–H groups in total. The van der Waals surface area contributed by atoms with Crippen LogP contribution in [0.15, 0.2) is 24.3 Å². The van der Waals surface area contributed by atoms with E-state index < -0.39 is 6.04 Å². The predicted octanol–water partition coefficient (Wildman–Crippen LogP) is 1.14. The standard InChI is InChI=1S/C11H12N2O3/c1-7-10(14)13(11(15)12-7)8-3-5-9(16-2)6-4-8/h3-7H,1-2H3,(H,12,15). The Kier molecular flexibility index (Phi) is 2.52. The van der Waals surface area contributed by atoms with Crippen molar-refractivity contribution in [2.24, 2.45) is 0 Å². The molecule has 0 aliphatic carbocycles. The summed E-state index contributed by atoms with van der Waals surface area (Å²) in [5, 5.41) is 2.55. The van der Waals surface area contributed by atoms with Gasteiger partial charge >= 0.3 is 6.03 Å². The minimum Gasteiger partial charge on any atom is -0.497 e. The Balaban J connectivity index is 2.30. The summed E-state index contributed by atoms with van der Waals surface area (Å²) in [5.41, 5.74) is 0.549. The average Bonchev–Trinajstić information content (AvgIpc) is 2.54. The normalized spacial score (nSPS) is 19.9. The summed E-state index contributed by atoms with van der Waals surface area (Å²) >= 11 is 0. The van der Waals surface area contributed by atoms with E-state index in [2.05, 4.69) is 5.32 Å². The SMILES string of the molecule is COc1ccc(N2C(=O)NC(C)C2=O)cc1. The molecule has 0 aromatic heterocycles. The van der Waals surface area contributed by atoms with Crippen LogP contribution in [0.5, 0.6) is 5.75 Å². The molecule has 1 heterocycles. The van der Waals surface area contributed by atoms with Gasteiger partial charge in [-0.15, -0.1) is 0 Å². The van der Waals surface area contributed by atoms with Gasteiger partial charge in [0.25, 0.3) is 5.91 Å². The van der Waals surface area contributed by atoms with Crippen LogP contribution in [-0.4, -0.2) is 25.1 Å². The number of hydrogen-bond acceptors (Lipinski definition) is 3. The van der Waals surface area contributed by atoms with Crippen molar-refractivity contribution in [3.05, 3.63) is 24.3 Å². The Labute approximate surface area is 93.0 Å². The molecule has 3 amide bonds. The van der Waals surface area contributed by atoms with Crippen LogP contribution in [0.2, 0.25) is 0 Å². The van der Waals surface area contributed by atoms with Crippen LogP contribution in [0.3, 0.4) is 0 Å². The van der Waals surface area contributed by atoms with Crippen molar-refractivity contribution < 1.29 is 14.3 Å². The van der Waals surface area contributed by atoms with Crippen molar-refractivity contribution >= 4 is 17.6 Å². The van der Waals surface area contributed by atoms with Crippen LogP contribution >= 0.6 is 0 Å². The molecular formula is C11H12N2O3. The number of carbonyl (C=O) groups is 2. The molecule has 1 atom stereocenters. The van der Waals surface area contributed by atoms with E-state index in [9.17, 15) is 9.59 Å². The molecule has 1 aromatic rings. The molecule has 0 spiro atoms. The van der Waals surface area contributed by atoms with Crippen molar-refractivity contribution in [2.75, 3.05) is 12.0 Å². The first-order valence-electron chi connectivity index (χ1n) is 4.92. The number of benzene rings is 1. The maximum atomic E-state index is 11.7. The topological polar surface area (TPSA) is 58.6 Å². The van der Waals surface area contributed by atoms with Crippen molar-refractivity contribution in [3.8, 4) is 5.75 Å². The number of hydrogen-bond donors (Lipinski definition) is 1. The molecule has 0 saturated carbocycles. The van der Waals surface area contributed by atoms with Gasteiger partial charge in [0.2, 0.25) is 0 Å². The summed E-state index contributed by atoms with van der Waals surface area (Å²) in [6.45, 7) is 1.66. The molecule has 1 saturated heterocycles. The third-order valence-corrected chi connectivity index (χ3v) is 2.46. The highest BCUT2D eigenvalue weighted by molar-refractivity contribution is 6.21. The average molecular weight is 220 g/mol.